The molecule has 1 aliphatic rings. The predicted octanol–water partition coefficient (Wildman–Crippen LogP) is 2.15. The second-order valence-corrected chi connectivity index (χ2v) is 5.42. The van der Waals surface area contributed by atoms with Gasteiger partial charge in [-0.2, -0.15) is 0 Å². The Bertz CT molecular complexity index is 412. The van der Waals surface area contributed by atoms with Gasteiger partial charge in [0.15, 0.2) is 0 Å². The van der Waals surface area contributed by atoms with Gasteiger partial charge in [0.25, 0.3) is 0 Å². The molecular formula is C14H22N2O2. The first-order valence-electron chi connectivity index (χ1n) is 6.69. The zero-order valence-electron chi connectivity index (χ0n) is 11.1. The molecule has 4 nitrogen and oxygen atoms in total. The van der Waals surface area contributed by atoms with E-state index >= 15 is 0 Å². The van der Waals surface area contributed by atoms with Gasteiger partial charge in [-0.1, -0.05) is 13.8 Å². The van der Waals surface area contributed by atoms with Crippen molar-refractivity contribution in [3.63, 3.8) is 0 Å². The second kappa shape index (κ2) is 5.57. The standard InChI is InChI=1S/C14H22N2O2/c1-9(2)11(15)8-14(17)16-12-4-3-5-13-10(12)6-7-18-13/h6-7,9,11-12H,3-5,8,15H2,1-2H3,(H,16,17). The van der Waals surface area contributed by atoms with E-state index in [1.807, 2.05) is 19.9 Å². The lowest BCUT2D eigenvalue weighted by Crippen LogP contribution is -2.37. The number of amides is 1. The average molecular weight is 250 g/mol. The molecule has 0 radical (unpaired) electrons. The van der Waals surface area contributed by atoms with Crippen LogP contribution >= 0.6 is 0 Å². The Morgan fingerprint density at radius 2 is 2.39 bits per heavy atom. The Morgan fingerprint density at radius 3 is 3.11 bits per heavy atom. The maximum atomic E-state index is 11.9. The third-order valence-corrected chi connectivity index (χ3v) is 3.66. The molecule has 1 heterocycles. The Hall–Kier alpha value is -1.29. The molecule has 2 rings (SSSR count). The number of furan rings is 1. The van der Waals surface area contributed by atoms with Crippen LogP contribution < -0.4 is 11.1 Å². The summed E-state index contributed by atoms with van der Waals surface area (Å²) in [6, 6.07) is 1.98. The molecule has 1 aliphatic carbocycles. The lowest BCUT2D eigenvalue weighted by Gasteiger charge is -2.24. The van der Waals surface area contributed by atoms with Gasteiger partial charge in [0, 0.05) is 24.4 Å². The number of rotatable bonds is 4. The summed E-state index contributed by atoms with van der Waals surface area (Å²) in [7, 11) is 0. The minimum atomic E-state index is -0.0718. The number of nitrogens with one attached hydrogen (secondary N) is 1. The van der Waals surface area contributed by atoms with Crippen molar-refractivity contribution in [1.82, 2.24) is 5.32 Å². The maximum Gasteiger partial charge on any atom is 0.222 e. The molecular weight excluding hydrogens is 228 g/mol. The van der Waals surface area contributed by atoms with Crippen molar-refractivity contribution < 1.29 is 9.21 Å². The van der Waals surface area contributed by atoms with Gasteiger partial charge >= 0.3 is 0 Å². The monoisotopic (exact) mass is 250 g/mol. The molecule has 0 spiro atoms. The van der Waals surface area contributed by atoms with Crippen LogP contribution in [0.25, 0.3) is 0 Å². The summed E-state index contributed by atoms with van der Waals surface area (Å²) in [4.78, 5) is 11.9. The molecule has 1 aromatic rings. The van der Waals surface area contributed by atoms with Crippen molar-refractivity contribution in [2.24, 2.45) is 11.7 Å². The molecule has 0 bridgehead atoms. The third kappa shape index (κ3) is 2.93. The van der Waals surface area contributed by atoms with E-state index in [4.69, 9.17) is 10.2 Å². The van der Waals surface area contributed by atoms with Crippen LogP contribution in [0.2, 0.25) is 0 Å². The van der Waals surface area contributed by atoms with Crippen molar-refractivity contribution in [3.05, 3.63) is 23.7 Å². The summed E-state index contributed by atoms with van der Waals surface area (Å²) in [5.74, 6) is 1.38. The molecule has 2 atom stereocenters. The minimum Gasteiger partial charge on any atom is -0.469 e. The molecule has 18 heavy (non-hydrogen) atoms. The molecule has 0 saturated heterocycles. The van der Waals surface area contributed by atoms with Gasteiger partial charge in [0.05, 0.1) is 12.3 Å². The number of hydrogen-bond acceptors (Lipinski definition) is 3. The van der Waals surface area contributed by atoms with E-state index < -0.39 is 0 Å². The van der Waals surface area contributed by atoms with Crippen LogP contribution in [0.15, 0.2) is 16.7 Å². The molecule has 0 aromatic carbocycles. The normalized spacial score (nSPS) is 20.6. The lowest BCUT2D eigenvalue weighted by atomic mass is 9.93. The highest BCUT2D eigenvalue weighted by molar-refractivity contribution is 5.77. The van der Waals surface area contributed by atoms with E-state index in [-0.39, 0.29) is 18.0 Å². The molecule has 0 aliphatic heterocycles. The van der Waals surface area contributed by atoms with E-state index in [1.54, 1.807) is 6.26 Å². The van der Waals surface area contributed by atoms with Crippen molar-refractivity contribution in [2.75, 3.05) is 0 Å². The molecule has 0 saturated carbocycles. The van der Waals surface area contributed by atoms with Crippen LogP contribution in [0, 0.1) is 5.92 Å². The van der Waals surface area contributed by atoms with Crippen LogP contribution in [-0.4, -0.2) is 11.9 Å². The highest BCUT2D eigenvalue weighted by Gasteiger charge is 2.24. The third-order valence-electron chi connectivity index (χ3n) is 3.66. The van der Waals surface area contributed by atoms with E-state index in [0.29, 0.717) is 12.3 Å². The van der Waals surface area contributed by atoms with Gasteiger partial charge < -0.3 is 15.5 Å². The van der Waals surface area contributed by atoms with E-state index in [0.717, 1.165) is 30.6 Å². The topological polar surface area (TPSA) is 68.3 Å². The van der Waals surface area contributed by atoms with E-state index in [9.17, 15) is 4.79 Å². The Kier molecular flexibility index (Phi) is 4.07. The molecule has 0 fully saturated rings. The van der Waals surface area contributed by atoms with Crippen molar-refractivity contribution in [3.8, 4) is 0 Å². The summed E-state index contributed by atoms with van der Waals surface area (Å²) in [5, 5.41) is 3.07. The van der Waals surface area contributed by atoms with Crippen LogP contribution in [0.1, 0.15) is 50.5 Å². The smallest absolute Gasteiger partial charge is 0.222 e. The van der Waals surface area contributed by atoms with Gasteiger partial charge in [-0.25, -0.2) is 0 Å². The molecule has 2 unspecified atom stereocenters. The van der Waals surface area contributed by atoms with Crippen molar-refractivity contribution >= 4 is 5.91 Å². The minimum absolute atomic E-state index is 0.0373. The second-order valence-electron chi connectivity index (χ2n) is 5.42. The molecule has 100 valence electrons. The van der Waals surface area contributed by atoms with Crippen LogP contribution in [-0.2, 0) is 11.2 Å². The van der Waals surface area contributed by atoms with Gasteiger partial charge in [-0.3, -0.25) is 4.79 Å². The SMILES string of the molecule is CC(C)C(N)CC(=O)NC1CCCc2occc21. The van der Waals surface area contributed by atoms with Crippen LogP contribution in [0.3, 0.4) is 0 Å². The fourth-order valence-corrected chi connectivity index (χ4v) is 2.34. The van der Waals surface area contributed by atoms with Crippen LogP contribution in [0.5, 0.6) is 0 Å². The quantitative estimate of drug-likeness (QED) is 0.860. The summed E-state index contributed by atoms with van der Waals surface area (Å²) in [5.41, 5.74) is 7.05. The maximum absolute atomic E-state index is 11.9. The lowest BCUT2D eigenvalue weighted by molar-refractivity contribution is -0.122. The van der Waals surface area contributed by atoms with Gasteiger partial charge in [-0.15, -0.1) is 0 Å². The summed E-state index contributed by atoms with van der Waals surface area (Å²) >= 11 is 0. The first-order chi connectivity index (χ1) is 8.58. The Morgan fingerprint density at radius 1 is 1.61 bits per heavy atom. The zero-order chi connectivity index (χ0) is 13.1. The zero-order valence-corrected chi connectivity index (χ0v) is 11.1. The Labute approximate surface area is 108 Å². The van der Waals surface area contributed by atoms with Crippen LogP contribution in [0.4, 0.5) is 0 Å². The summed E-state index contributed by atoms with van der Waals surface area (Å²) < 4.78 is 5.41. The molecule has 1 amide bonds. The first kappa shape index (κ1) is 13.1. The average Bonchev–Trinajstić information content (AvgIpc) is 2.77. The highest BCUT2D eigenvalue weighted by Crippen LogP contribution is 2.30. The largest absolute Gasteiger partial charge is 0.469 e. The van der Waals surface area contributed by atoms with Crippen molar-refractivity contribution in [2.45, 2.75) is 51.6 Å². The van der Waals surface area contributed by atoms with Gasteiger partial charge in [0.1, 0.15) is 5.76 Å². The Balaban J connectivity index is 1.93. The number of hydrogen-bond donors (Lipinski definition) is 2. The number of aryl methyl sites for hydroxylation is 1. The number of carbonyl (C=O) groups excluding carboxylic acids is 1. The molecule has 4 heteroatoms. The predicted molar refractivity (Wildman–Crippen MR) is 70.0 cm³/mol. The number of nitrogens with two attached hydrogens (primary N) is 1. The molecule has 1 aromatic heterocycles. The first-order valence-corrected chi connectivity index (χ1v) is 6.69. The summed E-state index contributed by atoms with van der Waals surface area (Å²) in [6.07, 6.45) is 5.10. The fraction of sp³-hybridized carbons (Fsp3) is 0.643. The fourth-order valence-electron chi connectivity index (χ4n) is 2.34. The summed E-state index contributed by atoms with van der Waals surface area (Å²) in [6.45, 7) is 4.07. The van der Waals surface area contributed by atoms with Gasteiger partial charge in [-0.05, 0) is 24.8 Å². The van der Waals surface area contributed by atoms with E-state index in [2.05, 4.69) is 5.32 Å². The van der Waals surface area contributed by atoms with Crippen molar-refractivity contribution in [1.29, 1.82) is 0 Å². The van der Waals surface area contributed by atoms with Gasteiger partial charge in [0.2, 0.25) is 5.91 Å². The number of carbonyl (C=O) groups is 1. The highest BCUT2D eigenvalue weighted by atomic mass is 16.3. The van der Waals surface area contributed by atoms with E-state index in [1.165, 1.54) is 0 Å². The molecule has 3 N–H and O–H groups in total. The number of fused-ring (bicyclic) bond motifs is 1.